The number of rotatable bonds is 13. The number of carbonyl (C=O) groups excluding carboxylic acids is 1. The zero-order valence-electron chi connectivity index (χ0n) is 19.4. The van der Waals surface area contributed by atoms with Crippen LogP contribution in [0, 0.1) is 10.1 Å². The lowest BCUT2D eigenvalue weighted by Crippen LogP contribution is -2.32. The Balaban J connectivity index is 1.48. The second-order valence-electron chi connectivity index (χ2n) is 7.52. The molecule has 1 aliphatic heterocycles. The number of urea groups is 1. The second-order valence-corrected chi connectivity index (χ2v) is 7.52. The maximum absolute atomic E-state index is 12.6. The van der Waals surface area contributed by atoms with Gasteiger partial charge in [0.05, 0.1) is 24.9 Å². The van der Waals surface area contributed by atoms with E-state index in [0.29, 0.717) is 44.8 Å². The van der Waals surface area contributed by atoms with Crippen molar-refractivity contribution in [3.63, 3.8) is 0 Å². The molecule has 2 aromatic rings. The van der Waals surface area contributed by atoms with E-state index in [1.807, 2.05) is 17.0 Å². The van der Waals surface area contributed by atoms with Crippen molar-refractivity contribution in [2.24, 2.45) is 5.16 Å². The topological polar surface area (TPSA) is 120 Å². The fourth-order valence-corrected chi connectivity index (χ4v) is 3.60. The highest BCUT2D eigenvalue weighted by atomic mass is 16.6. The van der Waals surface area contributed by atoms with Crippen LogP contribution in [-0.2, 0) is 4.84 Å². The number of methoxy groups -OCH3 is 1. The fourth-order valence-electron chi connectivity index (χ4n) is 3.60. The molecule has 182 valence electrons. The van der Waals surface area contributed by atoms with Crippen LogP contribution in [0.25, 0.3) is 0 Å². The van der Waals surface area contributed by atoms with E-state index in [4.69, 9.17) is 14.3 Å². The standard InChI is InChI=1S/C23H29N5O6/c1-3-34-25-17-18-15-20(28(30)31)22(21(16-18)32-2)33-14-6-4-5-11-26-12-13-27(23(26)29)19-7-9-24-10-8-19/h7-10,15-17H,3-6,11-14H2,1-2H3. The minimum Gasteiger partial charge on any atom is -0.493 e. The molecule has 11 nitrogen and oxygen atoms in total. The van der Waals surface area contributed by atoms with E-state index >= 15 is 0 Å². The number of pyridine rings is 1. The maximum Gasteiger partial charge on any atom is 0.324 e. The number of nitro groups is 1. The van der Waals surface area contributed by atoms with Gasteiger partial charge in [-0.25, -0.2) is 4.79 Å². The molecule has 0 spiro atoms. The molecule has 0 bridgehead atoms. The highest BCUT2D eigenvalue weighted by molar-refractivity contribution is 5.94. The first-order valence-corrected chi connectivity index (χ1v) is 11.2. The van der Waals surface area contributed by atoms with Crippen molar-refractivity contribution in [3.05, 3.63) is 52.3 Å². The Morgan fingerprint density at radius 3 is 2.71 bits per heavy atom. The Morgan fingerprint density at radius 2 is 2.00 bits per heavy atom. The zero-order chi connectivity index (χ0) is 24.3. The van der Waals surface area contributed by atoms with E-state index in [9.17, 15) is 14.9 Å². The summed E-state index contributed by atoms with van der Waals surface area (Å²) in [5.41, 5.74) is 1.12. The van der Waals surface area contributed by atoms with Gasteiger partial charge in [0.15, 0.2) is 5.75 Å². The van der Waals surface area contributed by atoms with Crippen LogP contribution in [0.1, 0.15) is 31.7 Å². The predicted octanol–water partition coefficient (Wildman–Crippen LogP) is 3.86. The molecule has 1 saturated heterocycles. The lowest BCUT2D eigenvalue weighted by atomic mass is 10.2. The molecule has 11 heteroatoms. The van der Waals surface area contributed by atoms with Crippen molar-refractivity contribution in [2.75, 3.05) is 44.9 Å². The number of anilines is 1. The summed E-state index contributed by atoms with van der Waals surface area (Å²) in [7, 11) is 1.43. The predicted molar refractivity (Wildman–Crippen MR) is 127 cm³/mol. The summed E-state index contributed by atoms with van der Waals surface area (Å²) in [5.74, 6) is 0.342. The first-order valence-electron chi connectivity index (χ1n) is 11.2. The molecule has 0 N–H and O–H groups in total. The molecule has 2 heterocycles. The average Bonchev–Trinajstić information content (AvgIpc) is 3.22. The summed E-state index contributed by atoms with van der Waals surface area (Å²) in [6.07, 6.45) is 7.04. The smallest absolute Gasteiger partial charge is 0.324 e. The molecule has 0 aliphatic carbocycles. The Kier molecular flexibility index (Phi) is 9.01. The molecule has 1 aromatic carbocycles. The molecule has 1 aliphatic rings. The van der Waals surface area contributed by atoms with Crippen LogP contribution < -0.4 is 14.4 Å². The summed E-state index contributed by atoms with van der Waals surface area (Å²) in [5, 5.41) is 15.3. The number of carbonyl (C=O) groups is 1. The van der Waals surface area contributed by atoms with Crippen LogP contribution in [0.3, 0.4) is 0 Å². The van der Waals surface area contributed by atoms with Crippen molar-refractivity contribution in [1.82, 2.24) is 9.88 Å². The Bertz CT molecular complexity index is 1000. The van der Waals surface area contributed by atoms with Crippen molar-refractivity contribution >= 4 is 23.6 Å². The van der Waals surface area contributed by atoms with E-state index in [0.717, 1.165) is 18.5 Å². The number of oxime groups is 1. The molecular weight excluding hydrogens is 442 g/mol. The number of nitrogens with zero attached hydrogens (tertiary/aromatic N) is 5. The van der Waals surface area contributed by atoms with Gasteiger partial charge < -0.3 is 19.2 Å². The molecule has 34 heavy (non-hydrogen) atoms. The molecule has 1 aromatic heterocycles. The van der Waals surface area contributed by atoms with Gasteiger partial charge in [-0.15, -0.1) is 0 Å². The molecular formula is C23H29N5O6. The van der Waals surface area contributed by atoms with Crippen LogP contribution in [0.4, 0.5) is 16.2 Å². The van der Waals surface area contributed by atoms with Gasteiger partial charge in [0.25, 0.3) is 0 Å². The first-order chi connectivity index (χ1) is 16.5. The van der Waals surface area contributed by atoms with Gasteiger partial charge >= 0.3 is 11.7 Å². The summed E-state index contributed by atoms with van der Waals surface area (Å²) in [6, 6.07) is 6.62. The lowest BCUT2D eigenvalue weighted by molar-refractivity contribution is -0.386. The monoisotopic (exact) mass is 471 g/mol. The Morgan fingerprint density at radius 1 is 1.21 bits per heavy atom. The lowest BCUT2D eigenvalue weighted by Gasteiger charge is -2.18. The highest BCUT2D eigenvalue weighted by Crippen LogP contribution is 2.38. The average molecular weight is 472 g/mol. The summed E-state index contributed by atoms with van der Waals surface area (Å²) in [6.45, 7) is 4.46. The maximum atomic E-state index is 12.6. The van der Waals surface area contributed by atoms with Gasteiger partial charge in [0.2, 0.25) is 5.75 Å². The van der Waals surface area contributed by atoms with Crippen LogP contribution in [-0.4, -0.2) is 67.0 Å². The van der Waals surface area contributed by atoms with Crippen LogP contribution in [0.5, 0.6) is 11.5 Å². The van der Waals surface area contributed by atoms with Crippen molar-refractivity contribution in [2.45, 2.75) is 26.2 Å². The molecule has 0 saturated carbocycles. The third kappa shape index (κ3) is 6.33. The number of nitro benzene ring substituents is 1. The van der Waals surface area contributed by atoms with Crippen molar-refractivity contribution < 1.29 is 24.0 Å². The molecule has 0 radical (unpaired) electrons. The minimum absolute atomic E-state index is 0.00391. The normalized spacial score (nSPS) is 13.5. The Labute approximate surface area is 198 Å². The van der Waals surface area contributed by atoms with E-state index in [1.54, 1.807) is 30.3 Å². The number of hydrogen-bond acceptors (Lipinski definition) is 8. The third-order valence-electron chi connectivity index (χ3n) is 5.27. The van der Waals surface area contributed by atoms with Gasteiger partial charge in [0, 0.05) is 49.3 Å². The number of benzene rings is 1. The van der Waals surface area contributed by atoms with E-state index in [-0.39, 0.29) is 23.2 Å². The van der Waals surface area contributed by atoms with Crippen molar-refractivity contribution in [3.8, 4) is 11.5 Å². The van der Waals surface area contributed by atoms with Gasteiger partial charge in [-0.2, -0.15) is 0 Å². The first kappa shape index (κ1) is 24.7. The van der Waals surface area contributed by atoms with Crippen LogP contribution >= 0.6 is 0 Å². The van der Waals surface area contributed by atoms with Gasteiger partial charge in [-0.05, 0) is 44.4 Å². The SMILES string of the molecule is CCON=Cc1cc(OC)c(OCCCCCN2CCN(c3ccncc3)C2=O)c([N+](=O)[O-])c1. The quantitative estimate of drug-likeness (QED) is 0.188. The number of aromatic nitrogens is 1. The number of unbranched alkanes of at least 4 members (excludes halogenated alkanes) is 2. The highest BCUT2D eigenvalue weighted by Gasteiger charge is 2.29. The number of amides is 2. The zero-order valence-corrected chi connectivity index (χ0v) is 19.4. The van der Waals surface area contributed by atoms with Crippen LogP contribution in [0.2, 0.25) is 0 Å². The van der Waals surface area contributed by atoms with E-state index in [2.05, 4.69) is 10.1 Å². The molecule has 0 unspecified atom stereocenters. The summed E-state index contributed by atoms with van der Waals surface area (Å²) >= 11 is 0. The van der Waals surface area contributed by atoms with E-state index < -0.39 is 4.92 Å². The number of ether oxygens (including phenoxy) is 2. The van der Waals surface area contributed by atoms with Gasteiger partial charge in [-0.3, -0.25) is 20.0 Å². The largest absolute Gasteiger partial charge is 0.493 e. The summed E-state index contributed by atoms with van der Waals surface area (Å²) < 4.78 is 11.0. The van der Waals surface area contributed by atoms with Gasteiger partial charge in [-0.1, -0.05) is 5.16 Å². The fraction of sp³-hybridized carbons (Fsp3) is 0.435. The minimum atomic E-state index is -0.511. The third-order valence-corrected chi connectivity index (χ3v) is 5.27. The molecule has 0 atom stereocenters. The van der Waals surface area contributed by atoms with Gasteiger partial charge in [0.1, 0.15) is 6.61 Å². The molecule has 1 fully saturated rings. The van der Waals surface area contributed by atoms with E-state index in [1.165, 1.54) is 19.4 Å². The summed E-state index contributed by atoms with van der Waals surface area (Å²) in [4.78, 5) is 36.1. The Hall–Kier alpha value is -3.89. The second kappa shape index (κ2) is 12.4. The molecule has 2 amide bonds. The number of hydrogen-bond donors (Lipinski definition) is 0. The molecule has 3 rings (SSSR count). The van der Waals surface area contributed by atoms with Crippen molar-refractivity contribution in [1.29, 1.82) is 0 Å². The van der Waals surface area contributed by atoms with Crippen LogP contribution in [0.15, 0.2) is 41.8 Å².